The third-order valence-corrected chi connectivity index (χ3v) is 3.62. The molecular weight excluding hydrogens is 238 g/mol. The Morgan fingerprint density at radius 3 is 2.53 bits per heavy atom. The Balaban J connectivity index is 1.81. The molecule has 0 spiro atoms. The van der Waals surface area contributed by atoms with E-state index in [1.165, 1.54) is 12.8 Å². The van der Waals surface area contributed by atoms with Gasteiger partial charge >= 0.3 is 0 Å². The van der Waals surface area contributed by atoms with Crippen LogP contribution in [0.15, 0.2) is 6.07 Å². The molecule has 3 rings (SSSR count). The van der Waals surface area contributed by atoms with Crippen LogP contribution in [-0.4, -0.2) is 34.3 Å². The fraction of sp³-hybridized carbons (Fsp3) is 0.667. The van der Waals surface area contributed by atoms with E-state index < -0.39 is 0 Å². The topological polar surface area (TPSA) is 49.2 Å². The Bertz CT molecular complexity index is 414. The normalized spacial score (nSPS) is 21.9. The number of halogens is 1. The predicted octanol–water partition coefficient (Wildman–Crippen LogP) is 1.97. The molecule has 5 heteroatoms. The van der Waals surface area contributed by atoms with E-state index in [9.17, 15) is 5.11 Å². The largest absolute Gasteiger partial charge is 0.393 e. The lowest BCUT2D eigenvalue weighted by atomic mass is 10.1. The van der Waals surface area contributed by atoms with E-state index in [1.807, 2.05) is 6.07 Å². The van der Waals surface area contributed by atoms with E-state index >= 15 is 0 Å². The number of nitrogens with zero attached hydrogens (tertiary/aromatic N) is 3. The average molecular weight is 254 g/mol. The van der Waals surface area contributed by atoms with Crippen LogP contribution in [0, 0.1) is 0 Å². The van der Waals surface area contributed by atoms with Crippen molar-refractivity contribution in [1.82, 2.24) is 9.97 Å². The van der Waals surface area contributed by atoms with E-state index in [0.29, 0.717) is 11.1 Å². The molecule has 1 aliphatic heterocycles. The molecule has 92 valence electrons. The number of piperidine rings is 1. The third-order valence-electron chi connectivity index (χ3n) is 3.43. The monoisotopic (exact) mass is 253 g/mol. The molecule has 1 aromatic heterocycles. The molecule has 0 amide bonds. The predicted molar refractivity (Wildman–Crippen MR) is 66.5 cm³/mol. The van der Waals surface area contributed by atoms with Crippen molar-refractivity contribution in [2.45, 2.75) is 37.7 Å². The molecular formula is C12H16ClN3O. The van der Waals surface area contributed by atoms with Crippen LogP contribution in [0.3, 0.4) is 0 Å². The van der Waals surface area contributed by atoms with Gasteiger partial charge in [-0.2, -0.15) is 0 Å². The smallest absolute Gasteiger partial charge is 0.135 e. The van der Waals surface area contributed by atoms with Gasteiger partial charge in [0.1, 0.15) is 16.8 Å². The van der Waals surface area contributed by atoms with Crippen molar-refractivity contribution in [1.29, 1.82) is 0 Å². The number of hydrogen-bond acceptors (Lipinski definition) is 4. The molecule has 0 bridgehead atoms. The van der Waals surface area contributed by atoms with Gasteiger partial charge in [0, 0.05) is 25.1 Å². The summed E-state index contributed by atoms with van der Waals surface area (Å²) in [7, 11) is 0. The van der Waals surface area contributed by atoms with E-state index in [1.54, 1.807) is 0 Å². The molecule has 2 heterocycles. The SMILES string of the molecule is OC1CCN(c2cc(Cl)nc(C3CC3)n2)CC1. The Morgan fingerprint density at radius 1 is 1.18 bits per heavy atom. The van der Waals surface area contributed by atoms with Crippen molar-refractivity contribution in [3.8, 4) is 0 Å². The highest BCUT2D eigenvalue weighted by Gasteiger charge is 2.28. The number of aliphatic hydroxyl groups is 1. The number of aliphatic hydroxyl groups excluding tert-OH is 1. The quantitative estimate of drug-likeness (QED) is 0.819. The van der Waals surface area contributed by atoms with Gasteiger partial charge in [-0.25, -0.2) is 9.97 Å². The zero-order valence-corrected chi connectivity index (χ0v) is 10.4. The van der Waals surface area contributed by atoms with Gasteiger partial charge in [-0.15, -0.1) is 0 Å². The Morgan fingerprint density at radius 2 is 1.88 bits per heavy atom. The van der Waals surface area contributed by atoms with Crippen molar-refractivity contribution in [2.24, 2.45) is 0 Å². The first kappa shape index (κ1) is 11.2. The lowest BCUT2D eigenvalue weighted by molar-refractivity contribution is 0.145. The molecule has 1 aromatic rings. The Hall–Kier alpha value is -0.870. The molecule has 1 N–H and O–H groups in total. The number of aromatic nitrogens is 2. The minimum absolute atomic E-state index is 0.161. The fourth-order valence-corrected chi connectivity index (χ4v) is 2.39. The second-order valence-electron chi connectivity index (χ2n) is 4.90. The van der Waals surface area contributed by atoms with Crippen molar-refractivity contribution >= 4 is 17.4 Å². The molecule has 17 heavy (non-hydrogen) atoms. The molecule has 1 saturated heterocycles. The lowest BCUT2D eigenvalue weighted by Gasteiger charge is -2.30. The second kappa shape index (κ2) is 4.42. The summed E-state index contributed by atoms with van der Waals surface area (Å²) in [5, 5.41) is 10.0. The maximum absolute atomic E-state index is 9.50. The van der Waals surface area contributed by atoms with Crippen LogP contribution >= 0.6 is 11.6 Å². The molecule has 0 unspecified atom stereocenters. The molecule has 1 aliphatic carbocycles. The molecule has 2 aliphatic rings. The molecule has 0 atom stereocenters. The number of hydrogen-bond donors (Lipinski definition) is 1. The summed E-state index contributed by atoms with van der Waals surface area (Å²) in [6, 6.07) is 1.82. The maximum atomic E-state index is 9.50. The van der Waals surface area contributed by atoms with Gasteiger partial charge in [-0.05, 0) is 25.7 Å². The molecule has 0 aromatic carbocycles. The first-order valence-electron chi connectivity index (χ1n) is 6.20. The summed E-state index contributed by atoms with van der Waals surface area (Å²) in [4.78, 5) is 11.1. The minimum atomic E-state index is -0.161. The fourth-order valence-electron chi connectivity index (χ4n) is 2.20. The first-order valence-corrected chi connectivity index (χ1v) is 6.57. The van der Waals surface area contributed by atoms with Crippen LogP contribution in [0.5, 0.6) is 0 Å². The molecule has 4 nitrogen and oxygen atoms in total. The third kappa shape index (κ3) is 2.53. The number of anilines is 1. The summed E-state index contributed by atoms with van der Waals surface area (Å²) in [6.45, 7) is 1.69. The summed E-state index contributed by atoms with van der Waals surface area (Å²) >= 11 is 6.04. The van der Waals surface area contributed by atoms with Crippen LogP contribution in [0.1, 0.15) is 37.4 Å². The lowest BCUT2D eigenvalue weighted by Crippen LogP contribution is -2.36. The van der Waals surface area contributed by atoms with E-state index in [2.05, 4.69) is 14.9 Å². The van der Waals surface area contributed by atoms with Gasteiger partial charge in [-0.3, -0.25) is 0 Å². The van der Waals surface area contributed by atoms with Crippen molar-refractivity contribution < 1.29 is 5.11 Å². The highest BCUT2D eigenvalue weighted by atomic mass is 35.5. The van der Waals surface area contributed by atoms with E-state index in [-0.39, 0.29) is 6.10 Å². The zero-order valence-electron chi connectivity index (χ0n) is 9.64. The van der Waals surface area contributed by atoms with Gasteiger partial charge in [0.15, 0.2) is 0 Å². The second-order valence-corrected chi connectivity index (χ2v) is 5.29. The summed E-state index contributed by atoms with van der Waals surface area (Å²) in [5.74, 6) is 2.32. The van der Waals surface area contributed by atoms with Crippen LogP contribution in [-0.2, 0) is 0 Å². The van der Waals surface area contributed by atoms with Crippen LogP contribution in [0.4, 0.5) is 5.82 Å². The average Bonchev–Trinajstić information content (AvgIpc) is 3.13. The Labute approximate surface area is 106 Å². The molecule has 2 fully saturated rings. The van der Waals surface area contributed by atoms with Gasteiger partial charge < -0.3 is 10.0 Å². The minimum Gasteiger partial charge on any atom is -0.393 e. The van der Waals surface area contributed by atoms with Crippen LogP contribution < -0.4 is 4.90 Å². The summed E-state index contributed by atoms with van der Waals surface area (Å²) < 4.78 is 0. The van der Waals surface area contributed by atoms with Gasteiger partial charge in [0.2, 0.25) is 0 Å². The van der Waals surface area contributed by atoms with Gasteiger partial charge in [0.25, 0.3) is 0 Å². The zero-order chi connectivity index (χ0) is 11.8. The van der Waals surface area contributed by atoms with Crippen molar-refractivity contribution in [2.75, 3.05) is 18.0 Å². The maximum Gasteiger partial charge on any atom is 0.135 e. The van der Waals surface area contributed by atoms with Gasteiger partial charge in [0.05, 0.1) is 6.10 Å². The molecule has 1 saturated carbocycles. The van der Waals surface area contributed by atoms with Gasteiger partial charge in [-0.1, -0.05) is 11.6 Å². The molecule has 0 radical (unpaired) electrons. The Kier molecular flexibility index (Phi) is 2.92. The standard InChI is InChI=1S/C12H16ClN3O/c13-10-7-11(15-12(14-10)8-1-2-8)16-5-3-9(17)4-6-16/h7-9,17H,1-6H2. The van der Waals surface area contributed by atoms with E-state index in [0.717, 1.165) is 37.6 Å². The van der Waals surface area contributed by atoms with E-state index in [4.69, 9.17) is 11.6 Å². The highest BCUT2D eigenvalue weighted by molar-refractivity contribution is 6.29. The van der Waals surface area contributed by atoms with Crippen molar-refractivity contribution in [3.05, 3.63) is 17.0 Å². The van der Waals surface area contributed by atoms with Crippen LogP contribution in [0.2, 0.25) is 5.15 Å². The highest BCUT2D eigenvalue weighted by Crippen LogP contribution is 2.39. The first-order chi connectivity index (χ1) is 8.22. The number of rotatable bonds is 2. The van der Waals surface area contributed by atoms with Crippen LogP contribution in [0.25, 0.3) is 0 Å². The summed E-state index contributed by atoms with van der Waals surface area (Å²) in [6.07, 6.45) is 3.81. The summed E-state index contributed by atoms with van der Waals surface area (Å²) in [5.41, 5.74) is 0. The van der Waals surface area contributed by atoms with Crippen molar-refractivity contribution in [3.63, 3.8) is 0 Å².